The Labute approximate surface area is 173 Å². The molecule has 3 aromatic rings. The van der Waals surface area contributed by atoms with Crippen LogP contribution >= 0.6 is 0 Å². The van der Waals surface area contributed by atoms with Crippen molar-refractivity contribution in [3.63, 3.8) is 0 Å². The van der Waals surface area contributed by atoms with E-state index in [-0.39, 0.29) is 0 Å². The number of nitrogens with one attached hydrogen (secondary N) is 1. The summed E-state index contributed by atoms with van der Waals surface area (Å²) in [5.74, 6) is 0. The molecule has 0 aliphatic carbocycles. The number of hydrogen-bond acceptors (Lipinski definition) is 2. The molecular weight excluding hydrogens is 354 g/mol. The van der Waals surface area contributed by atoms with Gasteiger partial charge in [0.2, 0.25) is 0 Å². The number of aromatic nitrogens is 2. The van der Waals surface area contributed by atoms with Gasteiger partial charge in [0.15, 0.2) is 0 Å². The number of allylic oxidation sites excluding steroid dienone is 3. The van der Waals surface area contributed by atoms with Crippen LogP contribution in [0.25, 0.3) is 11.4 Å². The van der Waals surface area contributed by atoms with Crippen molar-refractivity contribution in [1.29, 1.82) is 0 Å². The summed E-state index contributed by atoms with van der Waals surface area (Å²) in [7, 11) is 0. The molecule has 0 spiro atoms. The van der Waals surface area contributed by atoms with Gasteiger partial charge in [-0.1, -0.05) is 48.6 Å². The summed E-state index contributed by atoms with van der Waals surface area (Å²) in [5.41, 5.74) is 9.98. The Bertz CT molecular complexity index is 1110. The zero-order valence-electron chi connectivity index (χ0n) is 17.4. The minimum absolute atomic E-state index is 0.806. The second kappa shape index (κ2) is 7.96. The molecule has 1 aromatic heterocycles. The molecule has 0 fully saturated rings. The quantitative estimate of drug-likeness (QED) is 0.576. The fraction of sp³-hybridized carbons (Fsp3) is 0.192. The lowest BCUT2D eigenvalue weighted by Crippen LogP contribution is -2.08. The molecule has 0 saturated carbocycles. The van der Waals surface area contributed by atoms with E-state index in [1.54, 1.807) is 0 Å². The predicted molar refractivity (Wildman–Crippen MR) is 123 cm³/mol. The van der Waals surface area contributed by atoms with Crippen LogP contribution in [0, 0.1) is 20.8 Å². The summed E-state index contributed by atoms with van der Waals surface area (Å²) in [5, 5.41) is 8.32. The smallest absolute Gasteiger partial charge is 0.109 e. The van der Waals surface area contributed by atoms with Crippen molar-refractivity contribution in [1.82, 2.24) is 9.78 Å². The molecule has 0 saturated heterocycles. The van der Waals surface area contributed by atoms with E-state index in [0.29, 0.717) is 0 Å². The molecule has 4 rings (SSSR count). The highest BCUT2D eigenvalue weighted by Gasteiger charge is 2.16. The van der Waals surface area contributed by atoms with Gasteiger partial charge in [-0.2, -0.15) is 5.10 Å². The zero-order chi connectivity index (χ0) is 20.4. The van der Waals surface area contributed by atoms with E-state index in [1.165, 1.54) is 27.9 Å². The van der Waals surface area contributed by atoms with Gasteiger partial charge < -0.3 is 5.32 Å². The van der Waals surface area contributed by atoms with Crippen LogP contribution in [-0.2, 0) is 6.42 Å². The van der Waals surface area contributed by atoms with Crippen LogP contribution in [0.3, 0.4) is 0 Å². The number of aryl methyl sites for hydroxylation is 4. The van der Waals surface area contributed by atoms with Crippen LogP contribution in [0.4, 0.5) is 5.69 Å². The van der Waals surface area contributed by atoms with Gasteiger partial charge in [0.1, 0.15) is 5.69 Å². The fourth-order valence-electron chi connectivity index (χ4n) is 3.51. The van der Waals surface area contributed by atoms with Crippen LogP contribution in [0.15, 0.2) is 73.3 Å². The summed E-state index contributed by atoms with van der Waals surface area (Å²) in [4.78, 5) is 0. The molecule has 29 heavy (non-hydrogen) atoms. The highest BCUT2D eigenvalue weighted by molar-refractivity contribution is 5.75. The Balaban J connectivity index is 1.69. The van der Waals surface area contributed by atoms with Gasteiger partial charge in [0.25, 0.3) is 0 Å². The standard InChI is InChI=1S/C26H27N3/c1-18-10-14-23(15-11-18)27-21(4)25-17-24-8-6-5-7-9-26(29(24)28-25)22-13-12-19(2)20(3)16-22/h5,7,9-17,27H,4,6,8H2,1-3H3/b7-5-,26-9-. The number of benzene rings is 2. The molecule has 2 aromatic carbocycles. The minimum atomic E-state index is 0.806. The van der Waals surface area contributed by atoms with Gasteiger partial charge >= 0.3 is 0 Å². The molecule has 2 heterocycles. The molecule has 0 amide bonds. The number of hydrogen-bond donors (Lipinski definition) is 1. The van der Waals surface area contributed by atoms with Gasteiger partial charge in [0.05, 0.1) is 11.4 Å². The van der Waals surface area contributed by atoms with Crippen LogP contribution in [-0.4, -0.2) is 9.78 Å². The first kappa shape index (κ1) is 19.0. The Morgan fingerprint density at radius 2 is 1.79 bits per heavy atom. The van der Waals surface area contributed by atoms with Crippen LogP contribution < -0.4 is 5.32 Å². The van der Waals surface area contributed by atoms with Crippen molar-refractivity contribution in [3.8, 4) is 0 Å². The average molecular weight is 382 g/mol. The average Bonchev–Trinajstić information content (AvgIpc) is 3.10. The predicted octanol–water partition coefficient (Wildman–Crippen LogP) is 6.28. The topological polar surface area (TPSA) is 29.9 Å². The SMILES string of the molecule is C=C(Nc1ccc(C)cc1)c1cc2n(n1)/C(c1ccc(C)c(C)c1)=C\C=C/CC2. The second-order valence-corrected chi connectivity index (χ2v) is 7.72. The van der Waals surface area contributed by atoms with Crippen LogP contribution in [0.2, 0.25) is 0 Å². The lowest BCUT2D eigenvalue weighted by Gasteiger charge is -2.14. The highest BCUT2D eigenvalue weighted by Crippen LogP contribution is 2.26. The van der Waals surface area contributed by atoms with E-state index < -0.39 is 0 Å². The van der Waals surface area contributed by atoms with Crippen LogP contribution in [0.1, 0.15) is 40.1 Å². The lowest BCUT2D eigenvalue weighted by atomic mass is 10.0. The number of anilines is 1. The molecule has 146 valence electrons. The molecular formula is C26H27N3. The molecule has 1 N–H and O–H groups in total. The normalized spacial score (nSPS) is 16.2. The Morgan fingerprint density at radius 1 is 1.00 bits per heavy atom. The third-order valence-electron chi connectivity index (χ3n) is 5.43. The van der Waals surface area contributed by atoms with Crippen molar-refractivity contribution >= 4 is 17.1 Å². The molecule has 1 aliphatic rings. The first-order chi connectivity index (χ1) is 14.0. The van der Waals surface area contributed by atoms with Gasteiger partial charge in [-0.15, -0.1) is 0 Å². The first-order valence-electron chi connectivity index (χ1n) is 10.1. The summed E-state index contributed by atoms with van der Waals surface area (Å²) >= 11 is 0. The monoisotopic (exact) mass is 381 g/mol. The van der Waals surface area contributed by atoms with E-state index in [2.05, 4.69) is 104 Å². The molecule has 1 aliphatic heterocycles. The van der Waals surface area contributed by atoms with E-state index in [9.17, 15) is 0 Å². The number of fused-ring (bicyclic) bond motifs is 1. The van der Waals surface area contributed by atoms with Crippen LogP contribution in [0.5, 0.6) is 0 Å². The lowest BCUT2D eigenvalue weighted by molar-refractivity contribution is 0.803. The summed E-state index contributed by atoms with van der Waals surface area (Å²) in [6.07, 6.45) is 8.45. The van der Waals surface area contributed by atoms with Gasteiger partial charge in [-0.25, -0.2) is 4.68 Å². The second-order valence-electron chi connectivity index (χ2n) is 7.72. The molecule has 0 radical (unpaired) electrons. The summed E-state index contributed by atoms with van der Waals surface area (Å²) in [6, 6.07) is 17.1. The van der Waals surface area contributed by atoms with Gasteiger partial charge in [-0.05, 0) is 75.1 Å². The van der Waals surface area contributed by atoms with Gasteiger partial charge in [0, 0.05) is 16.9 Å². The van der Waals surface area contributed by atoms with Gasteiger partial charge in [-0.3, -0.25) is 0 Å². The largest absolute Gasteiger partial charge is 0.354 e. The number of nitrogens with zero attached hydrogens (tertiary/aromatic N) is 2. The van der Waals surface area contributed by atoms with E-state index in [4.69, 9.17) is 5.10 Å². The van der Waals surface area contributed by atoms with Crippen molar-refractivity contribution in [2.45, 2.75) is 33.6 Å². The molecule has 3 heteroatoms. The maximum atomic E-state index is 4.93. The highest BCUT2D eigenvalue weighted by atomic mass is 15.3. The third-order valence-corrected chi connectivity index (χ3v) is 5.43. The van der Waals surface area contributed by atoms with E-state index in [1.807, 2.05) is 0 Å². The first-order valence-corrected chi connectivity index (χ1v) is 10.1. The van der Waals surface area contributed by atoms with Crippen molar-refractivity contribution in [2.75, 3.05) is 5.32 Å². The maximum Gasteiger partial charge on any atom is 0.109 e. The Kier molecular flexibility index (Phi) is 5.22. The Morgan fingerprint density at radius 3 is 2.55 bits per heavy atom. The van der Waals surface area contributed by atoms with E-state index >= 15 is 0 Å². The minimum Gasteiger partial charge on any atom is -0.354 e. The fourth-order valence-corrected chi connectivity index (χ4v) is 3.51. The van der Waals surface area contributed by atoms with Crippen molar-refractivity contribution in [2.24, 2.45) is 0 Å². The van der Waals surface area contributed by atoms with E-state index in [0.717, 1.165) is 35.6 Å². The zero-order valence-corrected chi connectivity index (χ0v) is 17.4. The Hall–Kier alpha value is -3.33. The molecule has 0 unspecified atom stereocenters. The van der Waals surface area contributed by atoms with Crippen molar-refractivity contribution in [3.05, 3.63) is 107 Å². The molecule has 0 atom stereocenters. The summed E-state index contributed by atoms with van der Waals surface area (Å²) < 4.78 is 2.07. The number of rotatable bonds is 4. The maximum absolute atomic E-state index is 4.93. The summed E-state index contributed by atoms with van der Waals surface area (Å²) in [6.45, 7) is 10.6. The molecule has 0 bridgehead atoms. The third kappa shape index (κ3) is 4.09. The van der Waals surface area contributed by atoms with Crippen molar-refractivity contribution < 1.29 is 0 Å². The molecule has 3 nitrogen and oxygen atoms in total.